The van der Waals surface area contributed by atoms with Crippen LogP contribution < -0.4 is 5.32 Å². The number of carbonyl (C=O) groups excluding carboxylic acids is 2. The molecule has 6 heteroatoms. The van der Waals surface area contributed by atoms with Gasteiger partial charge in [-0.1, -0.05) is 0 Å². The molecule has 0 aliphatic heterocycles. The lowest BCUT2D eigenvalue weighted by Gasteiger charge is -2.21. The van der Waals surface area contributed by atoms with E-state index in [1.807, 2.05) is 6.07 Å². The SMILES string of the molecule is Cc1cc(NC(=O)[C@H]2CCc3sc(C(=O)N(C)C)cc3C2)ccc1F. The number of rotatable bonds is 3. The van der Waals surface area contributed by atoms with Crippen LogP contribution in [-0.4, -0.2) is 30.8 Å². The highest BCUT2D eigenvalue weighted by atomic mass is 32.1. The molecule has 132 valence electrons. The maximum absolute atomic E-state index is 13.3. The third-order valence-electron chi connectivity index (χ3n) is 4.50. The fourth-order valence-corrected chi connectivity index (χ4v) is 4.27. The number of benzene rings is 1. The van der Waals surface area contributed by atoms with Gasteiger partial charge in [-0.15, -0.1) is 11.3 Å². The summed E-state index contributed by atoms with van der Waals surface area (Å²) >= 11 is 1.53. The molecule has 0 bridgehead atoms. The number of amides is 2. The van der Waals surface area contributed by atoms with Crippen molar-refractivity contribution in [3.05, 3.63) is 51.0 Å². The van der Waals surface area contributed by atoms with Crippen molar-refractivity contribution in [1.82, 2.24) is 4.90 Å². The standard InChI is InChI=1S/C19H21FN2O2S/c1-11-8-14(5-6-15(11)20)21-18(23)12-4-7-16-13(9-12)10-17(25-16)19(24)22(2)3/h5-6,8,10,12H,4,7,9H2,1-3H3,(H,21,23)/t12-/m0/s1. The highest BCUT2D eigenvalue weighted by Crippen LogP contribution is 2.33. The lowest BCUT2D eigenvalue weighted by molar-refractivity contribution is -0.120. The first-order valence-corrected chi connectivity index (χ1v) is 9.07. The Kier molecular flexibility index (Phi) is 4.90. The minimum atomic E-state index is -0.281. The van der Waals surface area contributed by atoms with E-state index in [-0.39, 0.29) is 23.5 Å². The van der Waals surface area contributed by atoms with Crippen molar-refractivity contribution in [3.8, 4) is 0 Å². The average Bonchev–Trinajstić information content (AvgIpc) is 3.00. The molecule has 0 unspecified atom stereocenters. The normalized spacial score (nSPS) is 16.2. The van der Waals surface area contributed by atoms with Gasteiger partial charge in [-0.3, -0.25) is 9.59 Å². The number of hydrogen-bond acceptors (Lipinski definition) is 3. The predicted molar refractivity (Wildman–Crippen MR) is 97.6 cm³/mol. The zero-order valence-corrected chi connectivity index (χ0v) is 15.4. The predicted octanol–water partition coefficient (Wildman–Crippen LogP) is 3.64. The monoisotopic (exact) mass is 360 g/mol. The quantitative estimate of drug-likeness (QED) is 0.908. The zero-order valence-electron chi connectivity index (χ0n) is 14.6. The molecule has 25 heavy (non-hydrogen) atoms. The lowest BCUT2D eigenvalue weighted by Crippen LogP contribution is -2.27. The summed E-state index contributed by atoms with van der Waals surface area (Å²) in [4.78, 5) is 28.1. The number of thiophene rings is 1. The number of nitrogens with one attached hydrogen (secondary N) is 1. The Morgan fingerprint density at radius 3 is 2.72 bits per heavy atom. The minimum absolute atomic E-state index is 0.00203. The van der Waals surface area contributed by atoms with Gasteiger partial charge in [0.15, 0.2) is 0 Å². The van der Waals surface area contributed by atoms with Gasteiger partial charge in [0.25, 0.3) is 5.91 Å². The number of nitrogens with zero attached hydrogens (tertiary/aromatic N) is 1. The summed E-state index contributed by atoms with van der Waals surface area (Å²) in [5.41, 5.74) is 2.22. The Balaban J connectivity index is 1.70. The van der Waals surface area contributed by atoms with Crippen molar-refractivity contribution >= 4 is 28.8 Å². The van der Waals surface area contributed by atoms with Crippen LogP contribution in [0.15, 0.2) is 24.3 Å². The highest BCUT2D eigenvalue weighted by molar-refractivity contribution is 7.14. The van der Waals surface area contributed by atoms with Crippen LogP contribution in [0.3, 0.4) is 0 Å². The molecule has 2 amide bonds. The van der Waals surface area contributed by atoms with Crippen molar-refractivity contribution in [2.45, 2.75) is 26.2 Å². The van der Waals surface area contributed by atoms with E-state index in [0.29, 0.717) is 17.7 Å². The van der Waals surface area contributed by atoms with Crippen LogP contribution in [0.5, 0.6) is 0 Å². The molecule has 1 aliphatic rings. The van der Waals surface area contributed by atoms with E-state index in [1.165, 1.54) is 22.3 Å². The molecular weight excluding hydrogens is 339 g/mol. The summed E-state index contributed by atoms with van der Waals surface area (Å²) in [5, 5.41) is 2.88. The lowest BCUT2D eigenvalue weighted by atomic mass is 9.87. The Hall–Kier alpha value is -2.21. The van der Waals surface area contributed by atoms with Crippen LogP contribution in [0.1, 0.15) is 32.1 Å². The summed E-state index contributed by atoms with van der Waals surface area (Å²) in [6.45, 7) is 1.67. The minimum Gasteiger partial charge on any atom is -0.344 e. The second-order valence-corrected chi connectivity index (χ2v) is 7.79. The topological polar surface area (TPSA) is 49.4 Å². The Labute approximate surface area is 150 Å². The number of hydrogen-bond donors (Lipinski definition) is 1. The van der Waals surface area contributed by atoms with Crippen LogP contribution in [-0.2, 0) is 17.6 Å². The molecule has 1 aliphatic carbocycles. The average molecular weight is 360 g/mol. The molecule has 0 saturated heterocycles. The first kappa shape index (κ1) is 17.6. The van der Waals surface area contributed by atoms with Gasteiger partial charge in [0.05, 0.1) is 4.88 Å². The van der Waals surface area contributed by atoms with E-state index in [2.05, 4.69) is 5.32 Å². The Morgan fingerprint density at radius 2 is 2.04 bits per heavy atom. The summed E-state index contributed by atoms with van der Waals surface area (Å²) in [7, 11) is 3.48. The van der Waals surface area contributed by atoms with E-state index in [9.17, 15) is 14.0 Å². The number of aryl methyl sites for hydroxylation is 2. The zero-order chi connectivity index (χ0) is 18.1. The molecule has 0 fully saturated rings. The van der Waals surface area contributed by atoms with Crippen molar-refractivity contribution in [2.24, 2.45) is 5.92 Å². The molecule has 0 saturated carbocycles. The Morgan fingerprint density at radius 1 is 1.28 bits per heavy atom. The fraction of sp³-hybridized carbons (Fsp3) is 0.368. The van der Waals surface area contributed by atoms with Gasteiger partial charge >= 0.3 is 0 Å². The molecular formula is C19H21FN2O2S. The molecule has 1 aromatic carbocycles. The largest absolute Gasteiger partial charge is 0.344 e. The fourth-order valence-electron chi connectivity index (χ4n) is 3.04. The summed E-state index contributed by atoms with van der Waals surface area (Å²) in [6.07, 6.45) is 2.20. The molecule has 1 N–H and O–H groups in total. The van der Waals surface area contributed by atoms with E-state index in [1.54, 1.807) is 38.1 Å². The number of halogens is 1. The smallest absolute Gasteiger partial charge is 0.263 e. The molecule has 4 nitrogen and oxygen atoms in total. The first-order valence-electron chi connectivity index (χ1n) is 8.25. The van der Waals surface area contributed by atoms with Gasteiger partial charge in [0, 0.05) is 30.6 Å². The van der Waals surface area contributed by atoms with Crippen molar-refractivity contribution in [2.75, 3.05) is 19.4 Å². The van der Waals surface area contributed by atoms with Crippen LogP contribution in [0.2, 0.25) is 0 Å². The summed E-state index contributed by atoms with van der Waals surface area (Å²) in [5.74, 6) is -0.461. The van der Waals surface area contributed by atoms with E-state index in [4.69, 9.17) is 0 Å². The molecule has 1 heterocycles. The van der Waals surface area contributed by atoms with E-state index in [0.717, 1.165) is 23.3 Å². The van der Waals surface area contributed by atoms with Crippen LogP contribution >= 0.6 is 11.3 Å². The van der Waals surface area contributed by atoms with Crippen LogP contribution in [0.4, 0.5) is 10.1 Å². The molecule has 1 atom stereocenters. The number of fused-ring (bicyclic) bond motifs is 1. The molecule has 1 aromatic heterocycles. The first-order chi connectivity index (χ1) is 11.8. The highest BCUT2D eigenvalue weighted by Gasteiger charge is 2.27. The van der Waals surface area contributed by atoms with Crippen molar-refractivity contribution < 1.29 is 14.0 Å². The second kappa shape index (κ2) is 6.96. The number of anilines is 1. The Bertz CT molecular complexity index is 829. The molecule has 2 aromatic rings. The molecule has 0 spiro atoms. The van der Waals surface area contributed by atoms with Crippen molar-refractivity contribution in [3.63, 3.8) is 0 Å². The van der Waals surface area contributed by atoms with Crippen LogP contribution in [0, 0.1) is 18.7 Å². The maximum atomic E-state index is 13.3. The van der Waals surface area contributed by atoms with E-state index < -0.39 is 0 Å². The third-order valence-corrected chi connectivity index (χ3v) is 5.72. The maximum Gasteiger partial charge on any atom is 0.263 e. The molecule has 3 rings (SSSR count). The van der Waals surface area contributed by atoms with Gasteiger partial charge in [-0.2, -0.15) is 0 Å². The van der Waals surface area contributed by atoms with Gasteiger partial charge < -0.3 is 10.2 Å². The summed E-state index contributed by atoms with van der Waals surface area (Å²) in [6, 6.07) is 6.50. The van der Waals surface area contributed by atoms with Gasteiger partial charge in [-0.05, 0) is 61.6 Å². The van der Waals surface area contributed by atoms with Crippen LogP contribution in [0.25, 0.3) is 0 Å². The molecule has 0 radical (unpaired) electrons. The van der Waals surface area contributed by atoms with Crippen molar-refractivity contribution in [1.29, 1.82) is 0 Å². The second-order valence-electron chi connectivity index (χ2n) is 6.65. The van der Waals surface area contributed by atoms with Gasteiger partial charge in [0.1, 0.15) is 5.82 Å². The van der Waals surface area contributed by atoms with Gasteiger partial charge in [-0.25, -0.2) is 4.39 Å². The third kappa shape index (κ3) is 3.74. The van der Waals surface area contributed by atoms with Gasteiger partial charge in [0.2, 0.25) is 5.91 Å². The number of carbonyl (C=O) groups is 2. The van der Waals surface area contributed by atoms with E-state index >= 15 is 0 Å². The summed E-state index contributed by atoms with van der Waals surface area (Å²) < 4.78 is 13.3.